The zero-order valence-corrected chi connectivity index (χ0v) is 10.9. The van der Waals surface area contributed by atoms with Crippen LogP contribution in [-0.2, 0) is 6.54 Å². The SMILES string of the molecule is C/C1=C(\N)c2ccccc2CN(N)c2ccccc21. The molecule has 19 heavy (non-hydrogen) atoms. The van der Waals surface area contributed by atoms with Crippen molar-refractivity contribution in [3.05, 3.63) is 65.2 Å². The fraction of sp³-hybridized carbons (Fsp3) is 0.125. The summed E-state index contributed by atoms with van der Waals surface area (Å²) < 4.78 is 0. The van der Waals surface area contributed by atoms with Gasteiger partial charge in [-0.2, -0.15) is 0 Å². The van der Waals surface area contributed by atoms with Crippen LogP contribution in [0.4, 0.5) is 5.69 Å². The Morgan fingerprint density at radius 3 is 2.37 bits per heavy atom. The lowest BCUT2D eigenvalue weighted by molar-refractivity contribution is 0.846. The van der Waals surface area contributed by atoms with Crippen LogP contribution in [0.3, 0.4) is 0 Å². The van der Waals surface area contributed by atoms with E-state index in [1.54, 1.807) is 5.01 Å². The molecule has 0 saturated heterocycles. The number of nitrogens with zero attached hydrogens (tertiary/aromatic N) is 1. The quantitative estimate of drug-likeness (QED) is 0.708. The molecule has 0 amide bonds. The maximum atomic E-state index is 6.34. The Kier molecular flexibility index (Phi) is 2.76. The van der Waals surface area contributed by atoms with E-state index in [-0.39, 0.29) is 0 Å². The zero-order chi connectivity index (χ0) is 13.4. The number of rotatable bonds is 0. The van der Waals surface area contributed by atoms with Crippen molar-refractivity contribution in [3.8, 4) is 0 Å². The summed E-state index contributed by atoms with van der Waals surface area (Å²) in [6.45, 7) is 2.70. The lowest BCUT2D eigenvalue weighted by Gasteiger charge is -2.27. The summed E-state index contributed by atoms with van der Waals surface area (Å²) in [5, 5.41) is 1.78. The van der Waals surface area contributed by atoms with Gasteiger partial charge in [-0.05, 0) is 24.1 Å². The Morgan fingerprint density at radius 2 is 1.58 bits per heavy atom. The molecule has 0 saturated carbocycles. The first kappa shape index (κ1) is 11.8. The van der Waals surface area contributed by atoms with Crippen LogP contribution in [0.5, 0.6) is 0 Å². The molecule has 0 atom stereocenters. The summed E-state index contributed by atoms with van der Waals surface area (Å²) >= 11 is 0. The maximum Gasteiger partial charge on any atom is 0.0599 e. The van der Waals surface area contributed by atoms with Crippen molar-refractivity contribution in [2.75, 3.05) is 5.01 Å². The third-order valence-electron chi connectivity index (χ3n) is 3.67. The van der Waals surface area contributed by atoms with E-state index in [9.17, 15) is 0 Å². The molecule has 2 aromatic rings. The van der Waals surface area contributed by atoms with Gasteiger partial charge in [-0.15, -0.1) is 0 Å². The van der Waals surface area contributed by atoms with Crippen molar-refractivity contribution in [2.45, 2.75) is 13.5 Å². The van der Waals surface area contributed by atoms with Gasteiger partial charge in [0.15, 0.2) is 0 Å². The van der Waals surface area contributed by atoms with Gasteiger partial charge in [-0.25, -0.2) is 5.84 Å². The molecule has 0 aliphatic carbocycles. The van der Waals surface area contributed by atoms with Gasteiger partial charge in [0.1, 0.15) is 0 Å². The van der Waals surface area contributed by atoms with Gasteiger partial charge >= 0.3 is 0 Å². The smallest absolute Gasteiger partial charge is 0.0599 e. The highest BCUT2D eigenvalue weighted by Gasteiger charge is 2.18. The molecular formula is C16H17N3. The molecule has 0 fully saturated rings. The molecule has 1 aliphatic heterocycles. The van der Waals surface area contributed by atoms with E-state index in [4.69, 9.17) is 11.6 Å². The van der Waals surface area contributed by atoms with Crippen LogP contribution in [0.15, 0.2) is 48.5 Å². The largest absolute Gasteiger partial charge is 0.398 e. The first-order valence-corrected chi connectivity index (χ1v) is 6.34. The zero-order valence-electron chi connectivity index (χ0n) is 10.9. The van der Waals surface area contributed by atoms with Gasteiger partial charge < -0.3 is 10.7 Å². The summed E-state index contributed by atoms with van der Waals surface area (Å²) in [4.78, 5) is 0. The van der Waals surface area contributed by atoms with E-state index >= 15 is 0 Å². The number of hydrogen-bond donors (Lipinski definition) is 2. The Bertz CT molecular complexity index is 659. The van der Waals surface area contributed by atoms with Gasteiger partial charge in [-0.1, -0.05) is 42.5 Å². The minimum Gasteiger partial charge on any atom is -0.398 e. The molecule has 3 rings (SSSR count). The van der Waals surface area contributed by atoms with E-state index in [1.807, 2.05) is 37.3 Å². The van der Waals surface area contributed by atoms with Crippen LogP contribution in [0.25, 0.3) is 11.3 Å². The van der Waals surface area contributed by atoms with Crippen LogP contribution < -0.4 is 16.6 Å². The molecular weight excluding hydrogens is 234 g/mol. The number of para-hydroxylation sites is 1. The standard InChI is InChI=1S/C16H17N3/c1-11-13-7-4-5-9-15(13)19(18)10-12-6-2-3-8-14(12)16(11)17/h2-9H,10,17-18H2,1H3/b16-11+. The molecule has 96 valence electrons. The highest BCUT2D eigenvalue weighted by molar-refractivity contribution is 5.93. The van der Waals surface area contributed by atoms with Crippen LogP contribution >= 0.6 is 0 Å². The second kappa shape index (κ2) is 4.44. The summed E-state index contributed by atoms with van der Waals surface area (Å²) in [6, 6.07) is 16.2. The Morgan fingerprint density at radius 1 is 0.947 bits per heavy atom. The topological polar surface area (TPSA) is 55.3 Å². The molecule has 0 spiro atoms. The van der Waals surface area contributed by atoms with Crippen molar-refractivity contribution >= 4 is 17.0 Å². The minimum atomic E-state index is 0.654. The Balaban J connectivity index is 2.31. The number of nitrogens with two attached hydrogens (primary N) is 2. The molecule has 1 heterocycles. The molecule has 2 aromatic carbocycles. The van der Waals surface area contributed by atoms with Crippen molar-refractivity contribution in [1.82, 2.24) is 0 Å². The molecule has 4 N–H and O–H groups in total. The molecule has 0 unspecified atom stereocenters. The van der Waals surface area contributed by atoms with Crippen molar-refractivity contribution in [2.24, 2.45) is 11.6 Å². The second-order valence-electron chi connectivity index (χ2n) is 4.84. The molecule has 0 radical (unpaired) electrons. The molecule has 0 bridgehead atoms. The number of allylic oxidation sites excluding steroid dienone is 1. The highest BCUT2D eigenvalue weighted by Crippen LogP contribution is 2.33. The summed E-state index contributed by atoms with van der Waals surface area (Å²) in [6.07, 6.45) is 0. The van der Waals surface area contributed by atoms with E-state index in [0.29, 0.717) is 6.54 Å². The number of hydrazine groups is 1. The van der Waals surface area contributed by atoms with Gasteiger partial charge in [0.05, 0.1) is 12.2 Å². The van der Waals surface area contributed by atoms with Crippen molar-refractivity contribution in [3.63, 3.8) is 0 Å². The van der Waals surface area contributed by atoms with Crippen LogP contribution in [0.1, 0.15) is 23.6 Å². The summed E-state index contributed by atoms with van der Waals surface area (Å²) in [5.74, 6) is 6.21. The summed E-state index contributed by atoms with van der Waals surface area (Å²) in [5.41, 5.74) is 12.6. The third-order valence-corrected chi connectivity index (χ3v) is 3.67. The lowest BCUT2D eigenvalue weighted by atomic mass is 9.94. The first-order valence-electron chi connectivity index (χ1n) is 6.34. The van der Waals surface area contributed by atoms with Gasteiger partial charge in [0, 0.05) is 16.8 Å². The lowest BCUT2D eigenvalue weighted by Crippen LogP contribution is -2.32. The highest BCUT2D eigenvalue weighted by atomic mass is 15.4. The third kappa shape index (κ3) is 1.88. The fourth-order valence-electron chi connectivity index (χ4n) is 2.58. The molecule has 0 aromatic heterocycles. The number of anilines is 1. The van der Waals surface area contributed by atoms with E-state index in [1.165, 1.54) is 0 Å². The normalized spacial score (nSPS) is 18.3. The number of hydrogen-bond acceptors (Lipinski definition) is 3. The predicted octanol–water partition coefficient (Wildman–Crippen LogP) is 2.73. The Hall–Kier alpha value is -2.26. The fourth-order valence-corrected chi connectivity index (χ4v) is 2.58. The van der Waals surface area contributed by atoms with E-state index < -0.39 is 0 Å². The van der Waals surface area contributed by atoms with E-state index in [0.717, 1.165) is 33.6 Å². The van der Waals surface area contributed by atoms with Crippen molar-refractivity contribution < 1.29 is 0 Å². The van der Waals surface area contributed by atoms with Crippen LogP contribution in [0, 0.1) is 0 Å². The van der Waals surface area contributed by atoms with Gasteiger partial charge in [0.25, 0.3) is 0 Å². The molecule has 3 nitrogen and oxygen atoms in total. The second-order valence-corrected chi connectivity index (χ2v) is 4.84. The first-order chi connectivity index (χ1) is 9.18. The molecule has 1 aliphatic rings. The van der Waals surface area contributed by atoms with E-state index in [2.05, 4.69) is 18.2 Å². The van der Waals surface area contributed by atoms with Gasteiger partial charge in [0.2, 0.25) is 0 Å². The number of benzene rings is 2. The van der Waals surface area contributed by atoms with Crippen molar-refractivity contribution in [1.29, 1.82) is 0 Å². The van der Waals surface area contributed by atoms with Crippen LogP contribution in [0.2, 0.25) is 0 Å². The predicted molar refractivity (Wildman–Crippen MR) is 79.9 cm³/mol. The minimum absolute atomic E-state index is 0.654. The average molecular weight is 251 g/mol. The Labute approximate surface area is 113 Å². The van der Waals surface area contributed by atoms with Crippen LogP contribution in [-0.4, -0.2) is 0 Å². The maximum absolute atomic E-state index is 6.34. The monoisotopic (exact) mass is 251 g/mol. The summed E-state index contributed by atoms with van der Waals surface area (Å²) in [7, 11) is 0. The molecule has 3 heteroatoms. The average Bonchev–Trinajstić information content (AvgIpc) is 2.45. The van der Waals surface area contributed by atoms with Gasteiger partial charge in [-0.3, -0.25) is 0 Å². The number of fused-ring (bicyclic) bond motifs is 2.